The molecule has 0 aliphatic carbocycles. The first-order chi connectivity index (χ1) is 16.9. The molecule has 0 saturated carbocycles. The van der Waals surface area contributed by atoms with Gasteiger partial charge in [0.1, 0.15) is 11.3 Å². The van der Waals surface area contributed by atoms with Crippen LogP contribution >= 0.6 is 11.3 Å². The third-order valence-electron chi connectivity index (χ3n) is 5.56. The maximum Gasteiger partial charge on any atom is 0.269 e. The molecule has 7 nitrogen and oxygen atoms in total. The van der Waals surface area contributed by atoms with E-state index in [0.29, 0.717) is 5.75 Å². The Morgan fingerprint density at radius 2 is 1.69 bits per heavy atom. The molecule has 5 aromatic rings. The van der Waals surface area contributed by atoms with Crippen LogP contribution in [0.4, 0.5) is 17.3 Å². The minimum atomic E-state index is -0.325. The van der Waals surface area contributed by atoms with Gasteiger partial charge in [-0.05, 0) is 56.2 Å². The first-order valence-corrected chi connectivity index (χ1v) is 11.9. The number of hydrogen-bond acceptors (Lipinski definition) is 7. The van der Waals surface area contributed by atoms with Crippen LogP contribution in [0.15, 0.2) is 72.9 Å². The SMILES string of the molecule is Cc1nc2cc(Oc3nc(N)ncc3C(=O)N(c3ccccc3)c3c(C)cccc3C)ccc2s1. The molecule has 0 spiro atoms. The summed E-state index contributed by atoms with van der Waals surface area (Å²) in [4.78, 5) is 28.7. The third kappa shape index (κ3) is 4.43. The van der Waals surface area contributed by atoms with E-state index in [-0.39, 0.29) is 23.3 Å². The summed E-state index contributed by atoms with van der Waals surface area (Å²) in [5.74, 6) is 0.281. The Bertz CT molecular complexity index is 1530. The molecule has 0 atom stereocenters. The average Bonchev–Trinajstić information content (AvgIpc) is 3.21. The van der Waals surface area contributed by atoms with Gasteiger partial charge in [-0.2, -0.15) is 4.98 Å². The number of anilines is 3. The van der Waals surface area contributed by atoms with Gasteiger partial charge in [0, 0.05) is 18.0 Å². The summed E-state index contributed by atoms with van der Waals surface area (Å²) in [5, 5.41) is 0.964. The van der Waals surface area contributed by atoms with Gasteiger partial charge >= 0.3 is 0 Å². The largest absolute Gasteiger partial charge is 0.438 e. The Hall–Kier alpha value is -4.30. The second-order valence-corrected chi connectivity index (χ2v) is 9.36. The number of fused-ring (bicyclic) bond motifs is 1. The van der Waals surface area contributed by atoms with Crippen molar-refractivity contribution in [2.24, 2.45) is 0 Å². The number of carbonyl (C=O) groups excluding carboxylic acids is 1. The fraction of sp³-hybridized carbons (Fsp3) is 0.111. The molecule has 2 heterocycles. The van der Waals surface area contributed by atoms with Crippen molar-refractivity contribution >= 4 is 44.8 Å². The van der Waals surface area contributed by atoms with Gasteiger partial charge in [0.2, 0.25) is 11.8 Å². The summed E-state index contributed by atoms with van der Waals surface area (Å²) in [6.07, 6.45) is 1.41. The standard InChI is InChI=1S/C27H23N5O2S/c1-16-8-7-9-17(2)24(16)32(19-10-5-4-6-11-19)26(33)21-15-29-27(28)31-25(21)34-20-12-13-23-22(14-20)30-18(3)35-23/h4-15H,1-3H3,(H2,28,29,31). The van der Waals surface area contributed by atoms with Crippen molar-refractivity contribution in [3.05, 3.63) is 94.6 Å². The fourth-order valence-corrected chi connectivity index (χ4v) is 4.81. The van der Waals surface area contributed by atoms with Gasteiger partial charge in [0.05, 0.1) is 20.9 Å². The predicted molar refractivity (Wildman–Crippen MR) is 140 cm³/mol. The Kier molecular flexibility index (Phi) is 5.88. The molecule has 0 aliphatic heterocycles. The van der Waals surface area contributed by atoms with E-state index in [2.05, 4.69) is 15.0 Å². The molecular formula is C27H23N5O2S. The van der Waals surface area contributed by atoms with Crippen LogP contribution in [0.2, 0.25) is 0 Å². The summed E-state index contributed by atoms with van der Waals surface area (Å²) in [6.45, 7) is 5.92. The van der Waals surface area contributed by atoms with Gasteiger partial charge in [-0.25, -0.2) is 9.97 Å². The lowest BCUT2D eigenvalue weighted by Crippen LogP contribution is -2.28. The number of aryl methyl sites for hydroxylation is 3. The number of hydrogen-bond donors (Lipinski definition) is 1. The molecule has 0 radical (unpaired) electrons. The topological polar surface area (TPSA) is 94.2 Å². The van der Waals surface area contributed by atoms with Crippen LogP contribution in [0.1, 0.15) is 26.5 Å². The summed E-state index contributed by atoms with van der Waals surface area (Å²) in [6, 6.07) is 21.0. The summed E-state index contributed by atoms with van der Waals surface area (Å²) in [5.41, 5.74) is 10.3. The number of aromatic nitrogens is 3. The third-order valence-corrected chi connectivity index (χ3v) is 6.52. The lowest BCUT2D eigenvalue weighted by atomic mass is 10.1. The zero-order chi connectivity index (χ0) is 24.5. The molecule has 3 aromatic carbocycles. The molecule has 0 saturated heterocycles. The van der Waals surface area contributed by atoms with Crippen LogP contribution in [0.3, 0.4) is 0 Å². The number of nitrogens with zero attached hydrogens (tertiary/aromatic N) is 4. The van der Waals surface area contributed by atoms with Gasteiger partial charge in [-0.3, -0.25) is 9.69 Å². The Balaban J connectivity index is 1.61. The molecule has 5 rings (SSSR count). The number of para-hydroxylation sites is 2. The first kappa shape index (κ1) is 22.5. The van der Waals surface area contributed by atoms with Crippen molar-refractivity contribution in [2.75, 3.05) is 10.6 Å². The summed E-state index contributed by atoms with van der Waals surface area (Å²) in [7, 11) is 0. The second-order valence-electron chi connectivity index (χ2n) is 8.13. The fourth-order valence-electron chi connectivity index (χ4n) is 4.00. The summed E-state index contributed by atoms with van der Waals surface area (Å²) >= 11 is 1.61. The number of carbonyl (C=O) groups is 1. The van der Waals surface area contributed by atoms with Gasteiger partial charge < -0.3 is 10.5 Å². The first-order valence-electron chi connectivity index (χ1n) is 11.0. The van der Waals surface area contributed by atoms with E-state index in [4.69, 9.17) is 10.5 Å². The van der Waals surface area contributed by atoms with Gasteiger partial charge in [-0.15, -0.1) is 11.3 Å². The molecule has 2 N–H and O–H groups in total. The maximum atomic E-state index is 14.1. The number of rotatable bonds is 5. The highest BCUT2D eigenvalue weighted by molar-refractivity contribution is 7.18. The number of nitrogen functional groups attached to an aromatic ring is 1. The molecule has 0 aliphatic rings. The van der Waals surface area contributed by atoms with Crippen molar-refractivity contribution in [1.82, 2.24) is 15.0 Å². The van der Waals surface area contributed by atoms with Crippen LogP contribution in [0, 0.1) is 20.8 Å². The van der Waals surface area contributed by atoms with Crippen LogP contribution in [0.25, 0.3) is 10.2 Å². The molecule has 2 aromatic heterocycles. The van der Waals surface area contributed by atoms with E-state index in [1.54, 1.807) is 16.2 Å². The van der Waals surface area contributed by atoms with Crippen LogP contribution in [0.5, 0.6) is 11.6 Å². The van der Waals surface area contributed by atoms with Crippen molar-refractivity contribution in [2.45, 2.75) is 20.8 Å². The Morgan fingerprint density at radius 3 is 2.43 bits per heavy atom. The van der Waals surface area contributed by atoms with Crippen LogP contribution < -0.4 is 15.4 Å². The molecule has 0 unspecified atom stereocenters. The minimum Gasteiger partial charge on any atom is -0.438 e. The number of ether oxygens (including phenoxy) is 1. The zero-order valence-electron chi connectivity index (χ0n) is 19.5. The minimum absolute atomic E-state index is 0.0143. The highest BCUT2D eigenvalue weighted by Gasteiger charge is 2.27. The quantitative estimate of drug-likeness (QED) is 0.314. The maximum absolute atomic E-state index is 14.1. The van der Waals surface area contributed by atoms with E-state index in [1.165, 1.54) is 6.20 Å². The lowest BCUT2D eigenvalue weighted by molar-refractivity contribution is 0.0996. The molecule has 8 heteroatoms. The molecule has 35 heavy (non-hydrogen) atoms. The number of amides is 1. The number of benzene rings is 3. The molecule has 0 fully saturated rings. The predicted octanol–water partition coefficient (Wildman–Crippen LogP) is 6.36. The number of nitrogens with two attached hydrogens (primary N) is 1. The molecule has 1 amide bonds. The van der Waals surface area contributed by atoms with E-state index in [0.717, 1.165) is 37.7 Å². The lowest BCUT2D eigenvalue weighted by Gasteiger charge is -2.27. The van der Waals surface area contributed by atoms with E-state index >= 15 is 0 Å². The van der Waals surface area contributed by atoms with Crippen molar-refractivity contribution in [3.63, 3.8) is 0 Å². The van der Waals surface area contributed by atoms with Gasteiger partial charge in [0.25, 0.3) is 5.91 Å². The summed E-state index contributed by atoms with van der Waals surface area (Å²) < 4.78 is 7.15. The smallest absolute Gasteiger partial charge is 0.269 e. The van der Waals surface area contributed by atoms with Crippen LogP contribution in [-0.4, -0.2) is 20.9 Å². The Morgan fingerprint density at radius 1 is 0.943 bits per heavy atom. The highest BCUT2D eigenvalue weighted by atomic mass is 32.1. The molecular weight excluding hydrogens is 458 g/mol. The second kappa shape index (κ2) is 9.15. The van der Waals surface area contributed by atoms with Gasteiger partial charge in [-0.1, -0.05) is 36.4 Å². The average molecular weight is 482 g/mol. The normalized spacial score (nSPS) is 10.9. The number of thiazole rings is 1. The van der Waals surface area contributed by atoms with E-state index < -0.39 is 0 Å². The van der Waals surface area contributed by atoms with Crippen molar-refractivity contribution in [3.8, 4) is 11.6 Å². The molecule has 0 bridgehead atoms. The van der Waals surface area contributed by atoms with Gasteiger partial charge in [0.15, 0.2) is 0 Å². The zero-order valence-corrected chi connectivity index (χ0v) is 20.3. The van der Waals surface area contributed by atoms with E-state index in [1.807, 2.05) is 87.5 Å². The highest BCUT2D eigenvalue weighted by Crippen LogP contribution is 2.35. The Labute approximate surface area is 206 Å². The van der Waals surface area contributed by atoms with Crippen molar-refractivity contribution < 1.29 is 9.53 Å². The van der Waals surface area contributed by atoms with E-state index in [9.17, 15) is 4.79 Å². The van der Waals surface area contributed by atoms with Crippen molar-refractivity contribution in [1.29, 1.82) is 0 Å². The van der Waals surface area contributed by atoms with Crippen LogP contribution in [-0.2, 0) is 0 Å². The monoisotopic (exact) mass is 481 g/mol. The molecule has 174 valence electrons.